The maximum Gasteiger partial charge on any atom is 0.264 e. The second kappa shape index (κ2) is 9.03. The fourth-order valence-corrected chi connectivity index (χ4v) is 4.46. The molecule has 0 aliphatic carbocycles. The van der Waals surface area contributed by atoms with E-state index in [4.69, 9.17) is 13.9 Å². The lowest BCUT2D eigenvalue weighted by Gasteiger charge is -2.22. The summed E-state index contributed by atoms with van der Waals surface area (Å²) in [5.74, 6) is 0.953. The van der Waals surface area contributed by atoms with Gasteiger partial charge in [-0.25, -0.2) is 0 Å². The number of anilines is 1. The van der Waals surface area contributed by atoms with Crippen LogP contribution in [0.1, 0.15) is 33.9 Å². The Morgan fingerprint density at radius 3 is 2.52 bits per heavy atom. The maximum atomic E-state index is 13.4. The molecule has 0 spiro atoms. The van der Waals surface area contributed by atoms with E-state index in [1.54, 1.807) is 51.5 Å². The monoisotopic (exact) mass is 513 g/mol. The summed E-state index contributed by atoms with van der Waals surface area (Å²) < 4.78 is 16.7. The van der Waals surface area contributed by atoms with E-state index >= 15 is 0 Å². The number of aryl methyl sites for hydroxylation is 1. The van der Waals surface area contributed by atoms with Gasteiger partial charge in [0.25, 0.3) is 5.91 Å². The number of nitrogens with zero attached hydrogens (tertiary/aromatic N) is 1. The smallest absolute Gasteiger partial charge is 0.264 e. The van der Waals surface area contributed by atoms with Crippen molar-refractivity contribution in [2.24, 2.45) is 0 Å². The summed E-state index contributed by atoms with van der Waals surface area (Å²) in [5.41, 5.74) is -0.0637. The number of carbonyl (C=O) groups excluding carboxylic acids is 2. The van der Waals surface area contributed by atoms with Crippen LogP contribution in [0.4, 0.5) is 5.69 Å². The molecule has 1 aliphatic rings. The zero-order valence-electron chi connectivity index (χ0n) is 18.6. The van der Waals surface area contributed by atoms with E-state index in [1.807, 2.05) is 18.2 Å². The van der Waals surface area contributed by atoms with Gasteiger partial charge in [-0.05, 0) is 61.4 Å². The van der Waals surface area contributed by atoms with Crippen LogP contribution in [0.3, 0.4) is 0 Å². The molecule has 2 aromatic carbocycles. The van der Waals surface area contributed by atoms with Gasteiger partial charge in [0.2, 0.25) is 5.78 Å². The molecule has 8 heteroatoms. The Kier molecular flexibility index (Phi) is 6.32. The predicted molar refractivity (Wildman–Crippen MR) is 126 cm³/mol. The Bertz CT molecular complexity index is 1220. The van der Waals surface area contributed by atoms with Crippen molar-refractivity contribution in [3.05, 3.63) is 75.7 Å². The summed E-state index contributed by atoms with van der Waals surface area (Å²) >= 11 is 3.41. The van der Waals surface area contributed by atoms with Crippen LogP contribution < -0.4 is 14.4 Å². The largest absolute Gasteiger partial charge is 0.493 e. The molecule has 1 unspecified atom stereocenters. The third-order valence-corrected chi connectivity index (χ3v) is 6.29. The highest BCUT2D eigenvalue weighted by atomic mass is 79.9. The highest BCUT2D eigenvalue weighted by Gasteiger charge is 2.51. The van der Waals surface area contributed by atoms with Gasteiger partial charge in [-0.2, -0.15) is 0 Å². The molecule has 0 saturated heterocycles. The summed E-state index contributed by atoms with van der Waals surface area (Å²) in [5, 5.41) is 11.5. The normalized spacial score (nSPS) is 17.2. The van der Waals surface area contributed by atoms with E-state index in [9.17, 15) is 14.7 Å². The first-order valence-electron chi connectivity index (χ1n) is 10.4. The molecule has 3 aromatic rings. The number of amides is 1. The fourth-order valence-electron chi connectivity index (χ4n) is 4.10. The van der Waals surface area contributed by atoms with Gasteiger partial charge in [-0.15, -0.1) is 0 Å². The molecular formula is C25H24BrNO6. The molecule has 0 radical (unpaired) electrons. The lowest BCUT2D eigenvalue weighted by atomic mass is 9.89. The van der Waals surface area contributed by atoms with Gasteiger partial charge < -0.3 is 23.9 Å². The highest BCUT2D eigenvalue weighted by molar-refractivity contribution is 9.10. The van der Waals surface area contributed by atoms with Crippen LogP contribution in [0.25, 0.3) is 0 Å². The van der Waals surface area contributed by atoms with Crippen molar-refractivity contribution in [1.29, 1.82) is 0 Å². The van der Waals surface area contributed by atoms with Crippen LogP contribution in [-0.4, -0.2) is 37.6 Å². The minimum absolute atomic E-state index is 0.119. The zero-order valence-corrected chi connectivity index (χ0v) is 20.1. The van der Waals surface area contributed by atoms with Crippen molar-refractivity contribution in [2.75, 3.05) is 25.7 Å². The van der Waals surface area contributed by atoms with Gasteiger partial charge in [0.15, 0.2) is 22.9 Å². The van der Waals surface area contributed by atoms with Crippen LogP contribution in [0.5, 0.6) is 11.5 Å². The lowest BCUT2D eigenvalue weighted by Crippen LogP contribution is -2.42. The van der Waals surface area contributed by atoms with E-state index in [0.717, 1.165) is 5.56 Å². The molecule has 1 atom stereocenters. The molecule has 0 bridgehead atoms. The average molecular weight is 514 g/mol. The molecule has 1 N–H and O–H groups in total. The second-order valence-electron chi connectivity index (χ2n) is 7.93. The number of hydrogen-bond donors (Lipinski definition) is 1. The van der Waals surface area contributed by atoms with Gasteiger partial charge >= 0.3 is 0 Å². The van der Waals surface area contributed by atoms with Crippen molar-refractivity contribution in [2.45, 2.75) is 25.4 Å². The Balaban J connectivity index is 1.61. The average Bonchev–Trinajstić information content (AvgIpc) is 3.32. The fraction of sp³-hybridized carbons (Fsp3) is 0.280. The number of aliphatic hydroxyl groups is 1. The number of furan rings is 1. The van der Waals surface area contributed by atoms with Crippen LogP contribution >= 0.6 is 15.9 Å². The number of ether oxygens (including phenoxy) is 2. The van der Waals surface area contributed by atoms with Crippen molar-refractivity contribution in [3.8, 4) is 11.5 Å². The third kappa shape index (κ3) is 4.28. The summed E-state index contributed by atoms with van der Waals surface area (Å²) in [6, 6.07) is 14.1. The molecule has 1 aromatic heterocycles. The molecule has 0 saturated carbocycles. The Morgan fingerprint density at radius 1 is 1.09 bits per heavy atom. The molecule has 0 fully saturated rings. The Labute approximate surface area is 200 Å². The number of benzene rings is 2. The van der Waals surface area contributed by atoms with Gasteiger partial charge in [0.1, 0.15) is 5.76 Å². The van der Waals surface area contributed by atoms with Crippen molar-refractivity contribution >= 4 is 33.3 Å². The number of hydrogen-bond acceptors (Lipinski definition) is 6. The van der Waals surface area contributed by atoms with Crippen molar-refractivity contribution in [1.82, 2.24) is 0 Å². The van der Waals surface area contributed by atoms with Gasteiger partial charge in [0, 0.05) is 16.6 Å². The number of ketones is 1. The first-order valence-corrected chi connectivity index (χ1v) is 11.2. The molecule has 1 aliphatic heterocycles. The lowest BCUT2D eigenvalue weighted by molar-refractivity contribution is -0.135. The molecule has 2 heterocycles. The first kappa shape index (κ1) is 23.1. The highest BCUT2D eigenvalue weighted by Crippen LogP contribution is 2.44. The van der Waals surface area contributed by atoms with E-state index in [1.165, 1.54) is 4.90 Å². The number of rotatable bonds is 8. The number of methoxy groups -OCH3 is 2. The summed E-state index contributed by atoms with van der Waals surface area (Å²) in [6.45, 7) is 2.05. The minimum Gasteiger partial charge on any atom is -0.493 e. The van der Waals surface area contributed by atoms with Crippen molar-refractivity contribution in [3.63, 3.8) is 0 Å². The van der Waals surface area contributed by atoms with E-state index in [-0.39, 0.29) is 5.76 Å². The molecule has 1 amide bonds. The minimum atomic E-state index is -1.98. The Hall–Kier alpha value is -3.10. The molecular weight excluding hydrogens is 490 g/mol. The van der Waals surface area contributed by atoms with E-state index < -0.39 is 23.7 Å². The predicted octanol–water partition coefficient (Wildman–Crippen LogP) is 4.42. The number of Topliss-reactive ketones (excluding diaryl/α,β-unsaturated/α-hetero) is 1. The zero-order chi connectivity index (χ0) is 23.8. The standard InChI is InChI=1S/C25H24BrNO6/c1-15-4-8-21(33-15)20(28)14-25(30)18-13-17(26)6-7-19(18)27(24(25)29)11-10-16-5-9-22(31-2)23(12-16)32-3/h4-9,12-13,30H,10-11,14H2,1-3H3. The molecule has 7 nitrogen and oxygen atoms in total. The van der Waals surface area contributed by atoms with E-state index in [0.29, 0.717) is 45.9 Å². The molecule has 4 rings (SSSR count). The van der Waals surface area contributed by atoms with Crippen LogP contribution in [0.15, 0.2) is 57.4 Å². The number of halogens is 1. The number of carbonyl (C=O) groups is 2. The quantitative estimate of drug-likeness (QED) is 0.448. The van der Waals surface area contributed by atoms with Gasteiger partial charge in [-0.1, -0.05) is 22.0 Å². The molecule has 33 heavy (non-hydrogen) atoms. The van der Waals surface area contributed by atoms with Crippen LogP contribution in [0, 0.1) is 6.92 Å². The number of fused-ring (bicyclic) bond motifs is 1. The maximum absolute atomic E-state index is 13.4. The van der Waals surface area contributed by atoms with Crippen LogP contribution in [0.2, 0.25) is 0 Å². The summed E-state index contributed by atoms with van der Waals surface area (Å²) in [6.07, 6.45) is 0.109. The SMILES string of the molecule is COc1ccc(CCN2C(=O)C(O)(CC(=O)c3ccc(C)o3)c3cc(Br)ccc32)cc1OC. The van der Waals surface area contributed by atoms with E-state index in [2.05, 4.69) is 15.9 Å². The third-order valence-electron chi connectivity index (χ3n) is 5.80. The Morgan fingerprint density at radius 2 is 1.85 bits per heavy atom. The summed E-state index contributed by atoms with van der Waals surface area (Å²) in [4.78, 5) is 27.8. The summed E-state index contributed by atoms with van der Waals surface area (Å²) in [7, 11) is 3.14. The van der Waals surface area contributed by atoms with Gasteiger partial charge in [-0.3, -0.25) is 9.59 Å². The van der Waals surface area contributed by atoms with Crippen molar-refractivity contribution < 1.29 is 28.6 Å². The van der Waals surface area contributed by atoms with Gasteiger partial charge in [0.05, 0.1) is 26.3 Å². The topological polar surface area (TPSA) is 89.2 Å². The first-order chi connectivity index (χ1) is 15.8. The molecule has 172 valence electrons. The second-order valence-corrected chi connectivity index (χ2v) is 8.84. The van der Waals surface area contributed by atoms with Crippen LogP contribution in [-0.2, 0) is 16.8 Å².